The third kappa shape index (κ3) is 3.03. The Labute approximate surface area is 124 Å². The number of nitrogens with zero attached hydrogens (tertiary/aromatic N) is 1. The fourth-order valence-corrected chi connectivity index (χ4v) is 3.25. The molecule has 110 valence electrons. The number of amides is 2. The van der Waals surface area contributed by atoms with E-state index in [1.807, 2.05) is 37.1 Å². The molecule has 0 aromatic carbocycles. The Morgan fingerprint density at radius 3 is 2.85 bits per heavy atom. The van der Waals surface area contributed by atoms with Crippen molar-refractivity contribution >= 4 is 23.2 Å². The summed E-state index contributed by atoms with van der Waals surface area (Å²) >= 11 is 1.70. The molecular weight excluding hydrogens is 272 g/mol. The summed E-state index contributed by atoms with van der Waals surface area (Å²) in [5, 5.41) is 4.93. The van der Waals surface area contributed by atoms with Crippen molar-refractivity contribution in [3.05, 3.63) is 22.4 Å². The number of thiophene rings is 1. The summed E-state index contributed by atoms with van der Waals surface area (Å²) in [6, 6.07) is 4.06. The minimum absolute atomic E-state index is 0.0335. The Bertz CT molecular complexity index is 486. The van der Waals surface area contributed by atoms with Crippen LogP contribution in [0.25, 0.3) is 0 Å². The average molecular weight is 294 g/mol. The molecule has 1 aromatic rings. The van der Waals surface area contributed by atoms with Crippen molar-refractivity contribution in [2.45, 2.75) is 51.6 Å². The predicted octanol–water partition coefficient (Wildman–Crippen LogP) is 2.20. The summed E-state index contributed by atoms with van der Waals surface area (Å²) in [6.45, 7) is 6.38. The highest BCUT2D eigenvalue weighted by molar-refractivity contribution is 7.09. The molecule has 2 atom stereocenters. The molecule has 4 nitrogen and oxygen atoms in total. The van der Waals surface area contributed by atoms with Crippen LogP contribution in [0.5, 0.6) is 0 Å². The lowest BCUT2D eigenvalue weighted by atomic mass is 9.97. The third-order valence-corrected chi connectivity index (χ3v) is 4.98. The van der Waals surface area contributed by atoms with E-state index in [2.05, 4.69) is 11.4 Å². The van der Waals surface area contributed by atoms with Crippen LogP contribution in [0.3, 0.4) is 0 Å². The molecule has 2 heterocycles. The van der Waals surface area contributed by atoms with E-state index in [0.29, 0.717) is 19.4 Å². The first-order valence-electron chi connectivity index (χ1n) is 7.10. The maximum absolute atomic E-state index is 12.7. The lowest BCUT2D eigenvalue weighted by Crippen LogP contribution is -2.55. The van der Waals surface area contributed by atoms with Gasteiger partial charge in [-0.15, -0.1) is 11.3 Å². The van der Waals surface area contributed by atoms with Crippen LogP contribution in [0.4, 0.5) is 0 Å². The SMILES string of the molecule is CCC1(C)NC(=O)CC(C)N(CCc2cccs2)C1=O. The summed E-state index contributed by atoms with van der Waals surface area (Å²) in [6.07, 6.45) is 1.84. The standard InChI is InChI=1S/C15H22N2O2S/c1-4-15(3)14(19)17(11(2)10-13(18)16-15)8-7-12-6-5-9-20-12/h5-6,9,11H,4,7-8,10H2,1-3H3,(H,16,18). The number of hydrogen-bond acceptors (Lipinski definition) is 3. The predicted molar refractivity (Wildman–Crippen MR) is 80.7 cm³/mol. The minimum atomic E-state index is -0.767. The lowest BCUT2D eigenvalue weighted by Gasteiger charge is -2.33. The average Bonchev–Trinajstić information content (AvgIpc) is 2.88. The van der Waals surface area contributed by atoms with Gasteiger partial charge in [-0.2, -0.15) is 0 Å². The molecule has 1 aliphatic heterocycles. The van der Waals surface area contributed by atoms with Crippen molar-refractivity contribution in [3.63, 3.8) is 0 Å². The number of carbonyl (C=O) groups is 2. The van der Waals surface area contributed by atoms with Gasteiger partial charge in [-0.25, -0.2) is 0 Å². The topological polar surface area (TPSA) is 49.4 Å². The smallest absolute Gasteiger partial charge is 0.248 e. The van der Waals surface area contributed by atoms with Gasteiger partial charge in [0.15, 0.2) is 0 Å². The molecule has 2 unspecified atom stereocenters. The van der Waals surface area contributed by atoms with Gasteiger partial charge < -0.3 is 10.2 Å². The first-order valence-corrected chi connectivity index (χ1v) is 7.98. The largest absolute Gasteiger partial charge is 0.342 e. The molecular formula is C15H22N2O2S. The second-order valence-corrected chi connectivity index (χ2v) is 6.65. The molecule has 2 amide bonds. The van der Waals surface area contributed by atoms with Gasteiger partial charge in [0.25, 0.3) is 0 Å². The van der Waals surface area contributed by atoms with Gasteiger partial charge >= 0.3 is 0 Å². The lowest BCUT2D eigenvalue weighted by molar-refractivity contribution is -0.139. The van der Waals surface area contributed by atoms with Gasteiger partial charge in [0.1, 0.15) is 5.54 Å². The van der Waals surface area contributed by atoms with Crippen molar-refractivity contribution < 1.29 is 9.59 Å². The molecule has 0 aliphatic carbocycles. The van der Waals surface area contributed by atoms with Crippen molar-refractivity contribution in [1.82, 2.24) is 10.2 Å². The summed E-state index contributed by atoms with van der Waals surface area (Å²) in [5.41, 5.74) is -0.767. The van der Waals surface area contributed by atoms with Crippen LogP contribution in [0.2, 0.25) is 0 Å². The highest BCUT2D eigenvalue weighted by Gasteiger charge is 2.41. The minimum Gasteiger partial charge on any atom is -0.342 e. The maximum atomic E-state index is 12.7. The number of hydrogen-bond donors (Lipinski definition) is 1. The zero-order chi connectivity index (χ0) is 14.8. The zero-order valence-corrected chi connectivity index (χ0v) is 13.1. The van der Waals surface area contributed by atoms with E-state index in [1.54, 1.807) is 11.3 Å². The van der Waals surface area contributed by atoms with Gasteiger partial charge in [0, 0.05) is 23.9 Å². The van der Waals surface area contributed by atoms with Gasteiger partial charge in [-0.1, -0.05) is 13.0 Å². The Morgan fingerprint density at radius 1 is 1.50 bits per heavy atom. The molecule has 1 saturated heterocycles. The van der Waals surface area contributed by atoms with Crippen LogP contribution in [0, 0.1) is 0 Å². The molecule has 5 heteroatoms. The Hall–Kier alpha value is -1.36. The summed E-state index contributed by atoms with van der Waals surface area (Å²) in [5.74, 6) is 0.00345. The van der Waals surface area contributed by atoms with E-state index in [0.717, 1.165) is 6.42 Å². The van der Waals surface area contributed by atoms with Crippen molar-refractivity contribution in [2.75, 3.05) is 6.54 Å². The van der Waals surface area contributed by atoms with E-state index in [1.165, 1.54) is 4.88 Å². The molecule has 1 aromatic heterocycles. The zero-order valence-electron chi connectivity index (χ0n) is 12.3. The van der Waals surface area contributed by atoms with E-state index < -0.39 is 5.54 Å². The molecule has 0 saturated carbocycles. The third-order valence-electron chi connectivity index (χ3n) is 4.05. The molecule has 1 fully saturated rings. The van der Waals surface area contributed by atoms with Crippen LogP contribution in [-0.2, 0) is 16.0 Å². The number of nitrogens with one attached hydrogen (secondary N) is 1. The quantitative estimate of drug-likeness (QED) is 0.925. The molecule has 0 spiro atoms. The number of carbonyl (C=O) groups excluding carboxylic acids is 2. The number of rotatable bonds is 4. The summed E-state index contributed by atoms with van der Waals surface area (Å²) in [7, 11) is 0. The highest BCUT2D eigenvalue weighted by Crippen LogP contribution is 2.22. The van der Waals surface area contributed by atoms with Crippen molar-refractivity contribution in [2.24, 2.45) is 0 Å². The molecule has 2 rings (SSSR count). The van der Waals surface area contributed by atoms with E-state index >= 15 is 0 Å². The van der Waals surface area contributed by atoms with Crippen molar-refractivity contribution in [3.8, 4) is 0 Å². The highest BCUT2D eigenvalue weighted by atomic mass is 32.1. The van der Waals surface area contributed by atoms with E-state index in [9.17, 15) is 9.59 Å². The van der Waals surface area contributed by atoms with E-state index in [4.69, 9.17) is 0 Å². The first kappa shape index (κ1) is 15.0. The van der Waals surface area contributed by atoms with Crippen LogP contribution in [0.15, 0.2) is 17.5 Å². The molecule has 0 bridgehead atoms. The molecule has 0 radical (unpaired) electrons. The second-order valence-electron chi connectivity index (χ2n) is 5.61. The van der Waals surface area contributed by atoms with Crippen LogP contribution < -0.4 is 5.32 Å². The molecule has 20 heavy (non-hydrogen) atoms. The fraction of sp³-hybridized carbons (Fsp3) is 0.600. The maximum Gasteiger partial charge on any atom is 0.248 e. The Balaban J connectivity index is 2.15. The second kappa shape index (κ2) is 5.95. The van der Waals surface area contributed by atoms with Gasteiger partial charge in [0.05, 0.1) is 0 Å². The van der Waals surface area contributed by atoms with Crippen LogP contribution in [-0.4, -0.2) is 34.8 Å². The van der Waals surface area contributed by atoms with Crippen LogP contribution >= 0.6 is 11.3 Å². The Morgan fingerprint density at radius 2 is 2.25 bits per heavy atom. The monoisotopic (exact) mass is 294 g/mol. The first-order chi connectivity index (χ1) is 9.46. The van der Waals surface area contributed by atoms with Gasteiger partial charge in [0.2, 0.25) is 11.8 Å². The summed E-state index contributed by atoms with van der Waals surface area (Å²) in [4.78, 5) is 27.8. The fourth-order valence-electron chi connectivity index (χ4n) is 2.55. The van der Waals surface area contributed by atoms with Gasteiger partial charge in [-0.3, -0.25) is 9.59 Å². The normalized spacial score (nSPS) is 27.4. The molecule has 1 N–H and O–H groups in total. The van der Waals surface area contributed by atoms with Crippen molar-refractivity contribution in [1.29, 1.82) is 0 Å². The van der Waals surface area contributed by atoms with E-state index in [-0.39, 0.29) is 17.9 Å². The van der Waals surface area contributed by atoms with Crippen LogP contribution in [0.1, 0.15) is 38.5 Å². The van der Waals surface area contributed by atoms with Gasteiger partial charge in [-0.05, 0) is 38.1 Å². The Kier molecular flexibility index (Phi) is 4.48. The summed E-state index contributed by atoms with van der Waals surface area (Å²) < 4.78 is 0. The molecule has 1 aliphatic rings.